The molecule has 27 heavy (non-hydrogen) atoms. The molecule has 0 spiro atoms. The van der Waals surface area contributed by atoms with Crippen LogP contribution in [0.4, 0.5) is 4.79 Å². The van der Waals surface area contributed by atoms with Gasteiger partial charge in [0.15, 0.2) is 0 Å². The lowest BCUT2D eigenvalue weighted by atomic mass is 9.92. The molecule has 1 saturated heterocycles. The summed E-state index contributed by atoms with van der Waals surface area (Å²) in [4.78, 5) is 29.9. The Kier molecular flexibility index (Phi) is 5.17. The van der Waals surface area contributed by atoms with Crippen LogP contribution >= 0.6 is 11.6 Å². The minimum atomic E-state index is -1.10. The van der Waals surface area contributed by atoms with Crippen molar-refractivity contribution in [3.05, 3.63) is 34.9 Å². The summed E-state index contributed by atoms with van der Waals surface area (Å²) in [7, 11) is 0. The van der Waals surface area contributed by atoms with Crippen LogP contribution in [0.3, 0.4) is 0 Å². The average molecular weight is 390 g/mol. The summed E-state index contributed by atoms with van der Waals surface area (Å²) in [5.41, 5.74) is -0.451. The first-order chi connectivity index (χ1) is 13.0. The van der Waals surface area contributed by atoms with Crippen LogP contribution in [0.5, 0.6) is 0 Å². The lowest BCUT2D eigenvalue weighted by Gasteiger charge is -2.36. The maximum atomic E-state index is 13.3. The van der Waals surface area contributed by atoms with Gasteiger partial charge < -0.3 is 5.32 Å². The van der Waals surface area contributed by atoms with Crippen molar-refractivity contribution >= 4 is 23.5 Å². The molecule has 4 rings (SSSR count). The highest BCUT2D eigenvalue weighted by Crippen LogP contribution is 2.36. The van der Waals surface area contributed by atoms with E-state index in [0.29, 0.717) is 29.3 Å². The molecule has 0 aromatic heterocycles. The number of hydrogen-bond acceptors (Lipinski definition) is 3. The van der Waals surface area contributed by atoms with Gasteiger partial charge in [-0.05, 0) is 38.7 Å². The Bertz CT molecular complexity index is 712. The largest absolute Gasteiger partial charge is 0.326 e. The van der Waals surface area contributed by atoms with Gasteiger partial charge in [-0.1, -0.05) is 55.5 Å². The molecular formula is C21H28ClN3O2. The molecule has 1 unspecified atom stereocenters. The van der Waals surface area contributed by atoms with Crippen LogP contribution in [0.25, 0.3) is 0 Å². The molecule has 2 saturated carbocycles. The Morgan fingerprint density at radius 2 is 1.63 bits per heavy atom. The fourth-order valence-electron chi connectivity index (χ4n) is 5.04. The standard InChI is InChI=1S/C21H28ClN3O2/c1-21(17-12-6-7-13-18(17)22)19(26)25(20(27)23-21)14-24(15-8-2-3-9-15)16-10-4-5-11-16/h6-7,12-13,15-16H,2-5,8-11,14H2,1H3,(H,23,27). The smallest absolute Gasteiger partial charge is 0.319 e. The van der Waals surface area contributed by atoms with Gasteiger partial charge in [-0.15, -0.1) is 0 Å². The highest BCUT2D eigenvalue weighted by atomic mass is 35.5. The van der Waals surface area contributed by atoms with Crippen molar-refractivity contribution in [1.82, 2.24) is 15.1 Å². The molecule has 0 radical (unpaired) electrons. The molecule has 1 heterocycles. The van der Waals surface area contributed by atoms with E-state index in [2.05, 4.69) is 10.2 Å². The minimum Gasteiger partial charge on any atom is -0.319 e. The molecule has 3 fully saturated rings. The molecule has 1 atom stereocenters. The van der Waals surface area contributed by atoms with E-state index in [-0.39, 0.29) is 11.9 Å². The van der Waals surface area contributed by atoms with E-state index in [1.54, 1.807) is 13.0 Å². The summed E-state index contributed by atoms with van der Waals surface area (Å²) < 4.78 is 0. The molecular weight excluding hydrogens is 362 g/mol. The summed E-state index contributed by atoms with van der Waals surface area (Å²) in [6.07, 6.45) is 9.64. The number of nitrogens with one attached hydrogen (secondary N) is 1. The predicted octanol–water partition coefficient (Wildman–Crippen LogP) is 4.25. The van der Waals surface area contributed by atoms with E-state index in [1.807, 2.05) is 18.2 Å². The van der Waals surface area contributed by atoms with Crippen LogP contribution in [0.2, 0.25) is 5.02 Å². The topological polar surface area (TPSA) is 52.7 Å². The fraction of sp³-hybridized carbons (Fsp3) is 0.619. The number of benzene rings is 1. The molecule has 3 amide bonds. The molecule has 6 heteroatoms. The van der Waals surface area contributed by atoms with Crippen molar-refractivity contribution < 1.29 is 9.59 Å². The third-order valence-corrected chi connectivity index (χ3v) is 6.91. The zero-order chi connectivity index (χ0) is 19.0. The second-order valence-corrected chi connectivity index (χ2v) is 8.71. The van der Waals surface area contributed by atoms with Crippen molar-refractivity contribution in [3.63, 3.8) is 0 Å². The third kappa shape index (κ3) is 3.36. The molecule has 146 valence electrons. The number of carbonyl (C=O) groups is 2. The molecule has 5 nitrogen and oxygen atoms in total. The fourth-order valence-corrected chi connectivity index (χ4v) is 5.36. The minimum absolute atomic E-state index is 0.207. The Hall–Kier alpha value is -1.59. The highest BCUT2D eigenvalue weighted by molar-refractivity contribution is 6.32. The SMILES string of the molecule is CC1(c2ccccc2Cl)NC(=O)N(CN(C2CCCC2)C2CCCC2)C1=O. The van der Waals surface area contributed by atoms with Crippen LogP contribution in [-0.4, -0.2) is 40.5 Å². The first-order valence-electron chi connectivity index (χ1n) is 10.2. The van der Waals surface area contributed by atoms with Gasteiger partial charge in [0.2, 0.25) is 0 Å². The van der Waals surface area contributed by atoms with Crippen LogP contribution < -0.4 is 5.32 Å². The van der Waals surface area contributed by atoms with Crippen molar-refractivity contribution in [2.75, 3.05) is 6.67 Å². The van der Waals surface area contributed by atoms with Gasteiger partial charge in [-0.2, -0.15) is 0 Å². The lowest BCUT2D eigenvalue weighted by Crippen LogP contribution is -2.50. The first-order valence-corrected chi connectivity index (χ1v) is 10.5. The average Bonchev–Trinajstić information content (AvgIpc) is 3.39. The van der Waals surface area contributed by atoms with E-state index < -0.39 is 5.54 Å². The van der Waals surface area contributed by atoms with Crippen molar-refractivity contribution in [2.45, 2.75) is 75.9 Å². The third-order valence-electron chi connectivity index (χ3n) is 6.58. The number of rotatable bonds is 5. The van der Waals surface area contributed by atoms with Crippen molar-refractivity contribution in [2.24, 2.45) is 0 Å². The number of halogens is 1. The monoisotopic (exact) mass is 389 g/mol. The number of imide groups is 1. The van der Waals surface area contributed by atoms with E-state index in [0.717, 1.165) is 0 Å². The Labute approximate surface area is 166 Å². The summed E-state index contributed by atoms with van der Waals surface area (Å²) >= 11 is 6.34. The summed E-state index contributed by atoms with van der Waals surface area (Å²) in [6.45, 7) is 2.14. The summed E-state index contributed by atoms with van der Waals surface area (Å²) in [5.74, 6) is -0.207. The van der Waals surface area contributed by atoms with Crippen LogP contribution in [-0.2, 0) is 10.3 Å². The van der Waals surface area contributed by atoms with E-state index >= 15 is 0 Å². The Morgan fingerprint density at radius 3 is 2.19 bits per heavy atom. The van der Waals surface area contributed by atoms with Gasteiger partial charge in [0.25, 0.3) is 5.91 Å². The molecule has 1 aliphatic heterocycles. The quantitative estimate of drug-likeness (QED) is 0.766. The van der Waals surface area contributed by atoms with Gasteiger partial charge in [0, 0.05) is 22.7 Å². The second-order valence-electron chi connectivity index (χ2n) is 8.30. The van der Waals surface area contributed by atoms with Gasteiger partial charge >= 0.3 is 6.03 Å². The highest BCUT2D eigenvalue weighted by Gasteiger charge is 2.51. The van der Waals surface area contributed by atoms with Crippen LogP contribution in [0.1, 0.15) is 63.9 Å². The van der Waals surface area contributed by atoms with E-state index in [9.17, 15) is 9.59 Å². The molecule has 1 aromatic rings. The molecule has 1 aromatic carbocycles. The zero-order valence-electron chi connectivity index (χ0n) is 15.9. The number of amides is 3. The van der Waals surface area contributed by atoms with Gasteiger partial charge in [0.1, 0.15) is 5.54 Å². The molecule has 3 aliphatic rings. The number of urea groups is 1. The van der Waals surface area contributed by atoms with Crippen LogP contribution in [0.15, 0.2) is 24.3 Å². The van der Waals surface area contributed by atoms with Crippen molar-refractivity contribution in [3.8, 4) is 0 Å². The second kappa shape index (κ2) is 7.44. The molecule has 1 N–H and O–H groups in total. The number of nitrogens with zero attached hydrogens (tertiary/aromatic N) is 2. The Morgan fingerprint density at radius 1 is 1.07 bits per heavy atom. The van der Waals surface area contributed by atoms with Gasteiger partial charge in [-0.3, -0.25) is 9.69 Å². The Balaban J connectivity index is 1.58. The van der Waals surface area contributed by atoms with Gasteiger partial charge in [0.05, 0.1) is 6.67 Å². The first kappa shape index (κ1) is 18.8. The zero-order valence-corrected chi connectivity index (χ0v) is 16.7. The normalized spacial score (nSPS) is 27.1. The molecule has 0 bridgehead atoms. The summed E-state index contributed by atoms with van der Waals surface area (Å²) in [6, 6.07) is 7.90. The maximum Gasteiger partial charge on any atom is 0.326 e. The molecule has 2 aliphatic carbocycles. The van der Waals surface area contributed by atoms with Crippen LogP contribution in [0, 0.1) is 0 Å². The van der Waals surface area contributed by atoms with Crippen molar-refractivity contribution in [1.29, 1.82) is 0 Å². The lowest BCUT2D eigenvalue weighted by molar-refractivity contribution is -0.133. The predicted molar refractivity (Wildman–Crippen MR) is 105 cm³/mol. The summed E-state index contributed by atoms with van der Waals surface area (Å²) in [5, 5.41) is 3.40. The maximum absolute atomic E-state index is 13.3. The number of hydrogen-bond donors (Lipinski definition) is 1. The van der Waals surface area contributed by atoms with E-state index in [1.165, 1.54) is 56.3 Å². The van der Waals surface area contributed by atoms with Gasteiger partial charge in [-0.25, -0.2) is 9.69 Å². The number of carbonyl (C=O) groups excluding carboxylic acids is 2. The van der Waals surface area contributed by atoms with E-state index in [4.69, 9.17) is 11.6 Å².